The van der Waals surface area contributed by atoms with Gasteiger partial charge in [-0.3, -0.25) is 0 Å². The minimum absolute atomic E-state index is 0.127. The first kappa shape index (κ1) is 9.03. The summed E-state index contributed by atoms with van der Waals surface area (Å²) in [5.74, 6) is 0. The first-order valence-corrected chi connectivity index (χ1v) is 4.15. The first-order chi connectivity index (χ1) is 5.52. The number of amides is 2. The highest BCUT2D eigenvalue weighted by Gasteiger charge is 2.30. The summed E-state index contributed by atoms with van der Waals surface area (Å²) in [4.78, 5) is 10.4. The van der Waals surface area contributed by atoms with Gasteiger partial charge < -0.3 is 5.73 Å². The minimum Gasteiger partial charge on any atom is -0.350 e. The second-order valence-electron chi connectivity index (χ2n) is 3.77. The van der Waals surface area contributed by atoms with Crippen molar-refractivity contribution in [1.29, 1.82) is 0 Å². The molecule has 4 heteroatoms. The van der Waals surface area contributed by atoms with Crippen LogP contribution in [0.4, 0.5) is 4.79 Å². The van der Waals surface area contributed by atoms with Gasteiger partial charge in [0, 0.05) is 11.1 Å². The standard InChI is InChI=1S/C8H15N3O/c1-8(2)5-3-4-6(8)10-11-7(9)12/h3-5H2,1-2H3,(H3,9,11,12). The van der Waals surface area contributed by atoms with E-state index < -0.39 is 6.03 Å². The van der Waals surface area contributed by atoms with Crippen LogP contribution in [-0.4, -0.2) is 11.7 Å². The van der Waals surface area contributed by atoms with Gasteiger partial charge >= 0.3 is 6.03 Å². The van der Waals surface area contributed by atoms with Gasteiger partial charge in [-0.05, 0) is 19.3 Å². The largest absolute Gasteiger partial charge is 0.350 e. The number of primary amides is 1. The van der Waals surface area contributed by atoms with E-state index in [0.717, 1.165) is 25.0 Å². The molecule has 0 atom stereocenters. The summed E-state index contributed by atoms with van der Waals surface area (Å²) in [5, 5.41) is 3.97. The Morgan fingerprint density at radius 1 is 1.67 bits per heavy atom. The Morgan fingerprint density at radius 3 is 2.75 bits per heavy atom. The molecule has 4 nitrogen and oxygen atoms in total. The molecule has 0 bridgehead atoms. The summed E-state index contributed by atoms with van der Waals surface area (Å²) in [7, 11) is 0. The van der Waals surface area contributed by atoms with Crippen molar-refractivity contribution in [3.8, 4) is 0 Å². The Bertz CT molecular complexity index is 220. The molecule has 0 aromatic heterocycles. The topological polar surface area (TPSA) is 67.5 Å². The normalized spacial score (nSPS) is 24.3. The quantitative estimate of drug-likeness (QED) is 0.569. The number of urea groups is 1. The van der Waals surface area contributed by atoms with Crippen molar-refractivity contribution >= 4 is 11.7 Å². The zero-order chi connectivity index (χ0) is 9.19. The number of hydrogen-bond acceptors (Lipinski definition) is 2. The molecule has 1 rings (SSSR count). The molecule has 0 aliphatic heterocycles. The number of nitrogens with one attached hydrogen (secondary N) is 1. The second kappa shape index (κ2) is 3.13. The monoisotopic (exact) mass is 169 g/mol. The van der Waals surface area contributed by atoms with Crippen LogP contribution in [0, 0.1) is 5.41 Å². The lowest BCUT2D eigenvalue weighted by atomic mass is 9.90. The molecule has 1 aliphatic carbocycles. The Kier molecular flexibility index (Phi) is 2.35. The Morgan fingerprint density at radius 2 is 2.33 bits per heavy atom. The lowest BCUT2D eigenvalue weighted by Gasteiger charge is -2.17. The van der Waals surface area contributed by atoms with Crippen molar-refractivity contribution in [2.24, 2.45) is 16.3 Å². The maximum Gasteiger partial charge on any atom is 0.332 e. The van der Waals surface area contributed by atoms with Crippen molar-refractivity contribution in [2.75, 3.05) is 0 Å². The van der Waals surface area contributed by atoms with Gasteiger partial charge in [-0.1, -0.05) is 13.8 Å². The second-order valence-corrected chi connectivity index (χ2v) is 3.77. The predicted molar refractivity (Wildman–Crippen MR) is 47.8 cm³/mol. The van der Waals surface area contributed by atoms with Crippen LogP contribution in [-0.2, 0) is 0 Å². The van der Waals surface area contributed by atoms with Gasteiger partial charge in [0.25, 0.3) is 0 Å². The highest BCUT2D eigenvalue weighted by Crippen LogP contribution is 2.34. The van der Waals surface area contributed by atoms with Crippen molar-refractivity contribution in [3.05, 3.63) is 0 Å². The van der Waals surface area contributed by atoms with Crippen LogP contribution < -0.4 is 11.2 Å². The molecule has 2 amide bonds. The van der Waals surface area contributed by atoms with Crippen LogP contribution in [0.15, 0.2) is 5.10 Å². The smallest absolute Gasteiger partial charge is 0.332 e. The van der Waals surface area contributed by atoms with E-state index in [1.165, 1.54) is 0 Å². The van der Waals surface area contributed by atoms with Gasteiger partial charge in [0.05, 0.1) is 0 Å². The van der Waals surface area contributed by atoms with Crippen LogP contribution in [0.25, 0.3) is 0 Å². The third-order valence-corrected chi connectivity index (χ3v) is 2.30. The summed E-state index contributed by atoms with van der Waals surface area (Å²) in [6.45, 7) is 4.25. The number of nitrogens with two attached hydrogens (primary N) is 1. The molecule has 0 heterocycles. The maximum absolute atomic E-state index is 10.4. The van der Waals surface area contributed by atoms with Crippen molar-refractivity contribution in [2.45, 2.75) is 33.1 Å². The summed E-state index contributed by atoms with van der Waals surface area (Å²) in [5.41, 5.74) is 8.34. The molecule has 0 spiro atoms. The molecular formula is C8H15N3O. The number of hydrogen-bond donors (Lipinski definition) is 2. The van der Waals surface area contributed by atoms with E-state index in [2.05, 4.69) is 24.4 Å². The SMILES string of the molecule is CC1(C)CCCC1=NNC(N)=O. The summed E-state index contributed by atoms with van der Waals surface area (Å²) in [6, 6.07) is -0.592. The Balaban J connectivity index is 2.62. The molecule has 0 radical (unpaired) electrons. The molecule has 1 aliphatic rings. The zero-order valence-corrected chi connectivity index (χ0v) is 7.55. The molecule has 1 saturated carbocycles. The average Bonchev–Trinajstić information content (AvgIpc) is 2.25. The van der Waals surface area contributed by atoms with Crippen molar-refractivity contribution < 1.29 is 4.79 Å². The lowest BCUT2D eigenvalue weighted by Crippen LogP contribution is -2.28. The minimum atomic E-state index is -0.592. The Hall–Kier alpha value is -1.06. The van der Waals surface area contributed by atoms with Gasteiger partial charge in [0.15, 0.2) is 0 Å². The van der Waals surface area contributed by atoms with Crippen molar-refractivity contribution in [3.63, 3.8) is 0 Å². The molecule has 0 unspecified atom stereocenters. The van der Waals surface area contributed by atoms with Gasteiger partial charge in [0.2, 0.25) is 0 Å². The first-order valence-electron chi connectivity index (χ1n) is 4.15. The third kappa shape index (κ3) is 1.96. The van der Waals surface area contributed by atoms with Crippen molar-refractivity contribution in [1.82, 2.24) is 5.43 Å². The average molecular weight is 169 g/mol. The van der Waals surface area contributed by atoms with E-state index >= 15 is 0 Å². The van der Waals surface area contributed by atoms with Crippen LogP contribution in [0.5, 0.6) is 0 Å². The maximum atomic E-state index is 10.4. The fraction of sp³-hybridized carbons (Fsp3) is 0.750. The number of carbonyl (C=O) groups is 1. The van der Waals surface area contributed by atoms with Gasteiger partial charge in [0.1, 0.15) is 0 Å². The fourth-order valence-corrected chi connectivity index (χ4v) is 1.51. The molecule has 68 valence electrons. The summed E-state index contributed by atoms with van der Waals surface area (Å²) in [6.07, 6.45) is 3.24. The highest BCUT2D eigenvalue weighted by atomic mass is 16.2. The summed E-state index contributed by atoms with van der Waals surface area (Å²) >= 11 is 0. The molecule has 3 N–H and O–H groups in total. The molecule has 1 fully saturated rings. The van der Waals surface area contributed by atoms with Crippen LogP contribution in [0.2, 0.25) is 0 Å². The van der Waals surface area contributed by atoms with Crippen LogP contribution >= 0.6 is 0 Å². The van der Waals surface area contributed by atoms with Gasteiger partial charge in [-0.25, -0.2) is 10.2 Å². The molecule has 12 heavy (non-hydrogen) atoms. The highest BCUT2D eigenvalue weighted by molar-refractivity contribution is 5.92. The van der Waals surface area contributed by atoms with Crippen LogP contribution in [0.3, 0.4) is 0 Å². The van der Waals surface area contributed by atoms with E-state index in [-0.39, 0.29) is 5.41 Å². The number of carbonyl (C=O) groups excluding carboxylic acids is 1. The molecular weight excluding hydrogens is 154 g/mol. The number of hydrazone groups is 1. The number of nitrogens with zero attached hydrogens (tertiary/aromatic N) is 1. The van der Waals surface area contributed by atoms with Gasteiger partial charge in [-0.15, -0.1) is 0 Å². The van der Waals surface area contributed by atoms with E-state index in [4.69, 9.17) is 5.73 Å². The number of rotatable bonds is 1. The Labute approximate surface area is 72.2 Å². The molecule has 0 aromatic rings. The van der Waals surface area contributed by atoms with Crippen LogP contribution in [0.1, 0.15) is 33.1 Å². The molecule has 0 aromatic carbocycles. The van der Waals surface area contributed by atoms with E-state index in [1.54, 1.807) is 0 Å². The zero-order valence-electron chi connectivity index (χ0n) is 7.55. The van der Waals surface area contributed by atoms with E-state index in [0.29, 0.717) is 0 Å². The van der Waals surface area contributed by atoms with E-state index in [9.17, 15) is 4.79 Å². The van der Waals surface area contributed by atoms with Gasteiger partial charge in [-0.2, -0.15) is 5.10 Å². The lowest BCUT2D eigenvalue weighted by molar-refractivity contribution is 0.249. The fourth-order valence-electron chi connectivity index (χ4n) is 1.51. The van der Waals surface area contributed by atoms with E-state index in [1.807, 2.05) is 0 Å². The predicted octanol–water partition coefficient (Wildman–Crippen LogP) is 1.22. The molecule has 0 saturated heterocycles. The third-order valence-electron chi connectivity index (χ3n) is 2.30. The summed E-state index contributed by atoms with van der Waals surface area (Å²) < 4.78 is 0.